The zero-order valence-electron chi connectivity index (χ0n) is 10.3. The molecule has 0 aromatic heterocycles. The smallest absolute Gasteiger partial charge is 0.0884 e. The van der Waals surface area contributed by atoms with Crippen molar-refractivity contribution in [2.24, 2.45) is 5.92 Å². The average Bonchev–Trinajstić information content (AvgIpc) is 2.13. The minimum Gasteiger partial charge on any atom is -0.390 e. The van der Waals surface area contributed by atoms with Crippen LogP contribution in [0.2, 0.25) is 0 Å². The molecule has 0 aromatic rings. The molecule has 2 nitrogen and oxygen atoms in total. The maximum atomic E-state index is 10.0. The highest BCUT2D eigenvalue weighted by Gasteiger charge is 2.29. The molecule has 14 heavy (non-hydrogen) atoms. The average molecular weight is 202 g/mol. The maximum Gasteiger partial charge on any atom is 0.0884 e. The quantitative estimate of drug-likeness (QED) is 0.687. The van der Waals surface area contributed by atoms with E-state index in [0.29, 0.717) is 12.5 Å². The lowest BCUT2D eigenvalue weighted by Crippen LogP contribution is -2.40. The lowest BCUT2D eigenvalue weighted by atomic mass is 9.89. The molecule has 0 fully saturated rings. The molecule has 0 bridgehead atoms. The maximum absolute atomic E-state index is 10.0. The third-order valence-corrected chi connectivity index (χ3v) is 3.03. The van der Waals surface area contributed by atoms with Crippen LogP contribution in [0.5, 0.6) is 0 Å². The van der Waals surface area contributed by atoms with E-state index < -0.39 is 5.60 Å². The van der Waals surface area contributed by atoms with Crippen molar-refractivity contribution in [2.75, 3.05) is 6.61 Å². The zero-order chi connectivity index (χ0) is 11.2. The molecule has 0 radical (unpaired) electrons. The van der Waals surface area contributed by atoms with E-state index in [4.69, 9.17) is 4.74 Å². The molecule has 0 spiro atoms. The van der Waals surface area contributed by atoms with Gasteiger partial charge < -0.3 is 9.84 Å². The van der Waals surface area contributed by atoms with Gasteiger partial charge in [0.15, 0.2) is 0 Å². The van der Waals surface area contributed by atoms with Crippen LogP contribution in [0, 0.1) is 5.92 Å². The zero-order valence-corrected chi connectivity index (χ0v) is 10.3. The minimum absolute atomic E-state index is 0.354. The van der Waals surface area contributed by atoms with Crippen molar-refractivity contribution in [1.29, 1.82) is 0 Å². The number of aliphatic hydroxyl groups excluding tert-OH is 1. The second-order valence-corrected chi connectivity index (χ2v) is 4.47. The minimum atomic E-state index is -0.405. The van der Waals surface area contributed by atoms with Gasteiger partial charge in [-0.05, 0) is 33.1 Å². The van der Waals surface area contributed by atoms with Crippen LogP contribution < -0.4 is 0 Å². The van der Waals surface area contributed by atoms with Gasteiger partial charge in [0.05, 0.1) is 11.7 Å². The van der Waals surface area contributed by atoms with Crippen molar-refractivity contribution in [1.82, 2.24) is 0 Å². The van der Waals surface area contributed by atoms with Crippen molar-refractivity contribution in [3.8, 4) is 0 Å². The van der Waals surface area contributed by atoms with Crippen molar-refractivity contribution in [3.63, 3.8) is 0 Å². The fourth-order valence-electron chi connectivity index (χ4n) is 1.69. The fourth-order valence-corrected chi connectivity index (χ4v) is 1.69. The van der Waals surface area contributed by atoms with Gasteiger partial charge in [0.2, 0.25) is 0 Å². The van der Waals surface area contributed by atoms with E-state index in [0.717, 1.165) is 19.3 Å². The van der Waals surface area contributed by atoms with Crippen LogP contribution in [0.1, 0.15) is 53.9 Å². The molecule has 86 valence electrons. The molecular weight excluding hydrogens is 176 g/mol. The standard InChI is InChI=1S/C12H26O2/c1-6-10(7-2)9-11(13)12(4,5)14-8-3/h10-11,13H,6-9H2,1-5H3. The van der Waals surface area contributed by atoms with Crippen molar-refractivity contribution >= 4 is 0 Å². The molecule has 0 amide bonds. The summed E-state index contributed by atoms with van der Waals surface area (Å²) in [5.41, 5.74) is -0.405. The highest BCUT2D eigenvalue weighted by Crippen LogP contribution is 2.24. The molecule has 0 saturated heterocycles. The summed E-state index contributed by atoms with van der Waals surface area (Å²) in [7, 11) is 0. The van der Waals surface area contributed by atoms with Crippen LogP contribution in [0.25, 0.3) is 0 Å². The van der Waals surface area contributed by atoms with E-state index in [1.54, 1.807) is 0 Å². The summed E-state index contributed by atoms with van der Waals surface area (Å²) in [6.45, 7) is 10.9. The number of hydrogen-bond acceptors (Lipinski definition) is 2. The molecule has 1 N–H and O–H groups in total. The lowest BCUT2D eigenvalue weighted by molar-refractivity contribution is -0.104. The van der Waals surface area contributed by atoms with Crippen molar-refractivity contribution in [2.45, 2.75) is 65.6 Å². The summed E-state index contributed by atoms with van der Waals surface area (Å²) < 4.78 is 5.53. The van der Waals surface area contributed by atoms with Gasteiger partial charge in [-0.25, -0.2) is 0 Å². The molecule has 2 heteroatoms. The van der Waals surface area contributed by atoms with Crippen molar-refractivity contribution < 1.29 is 9.84 Å². The number of rotatable bonds is 7. The largest absolute Gasteiger partial charge is 0.390 e. The van der Waals surface area contributed by atoms with Gasteiger partial charge in [-0.2, -0.15) is 0 Å². The van der Waals surface area contributed by atoms with Crippen LogP contribution >= 0.6 is 0 Å². The Morgan fingerprint density at radius 3 is 2.00 bits per heavy atom. The van der Waals surface area contributed by atoms with E-state index >= 15 is 0 Å². The van der Waals surface area contributed by atoms with Crippen LogP contribution in [-0.2, 0) is 4.74 Å². The summed E-state index contributed by atoms with van der Waals surface area (Å²) in [6.07, 6.45) is 2.76. The SMILES string of the molecule is CCOC(C)(C)C(O)CC(CC)CC. The summed E-state index contributed by atoms with van der Waals surface area (Å²) in [4.78, 5) is 0. The van der Waals surface area contributed by atoms with Crippen LogP contribution in [-0.4, -0.2) is 23.4 Å². The molecule has 0 aliphatic heterocycles. The van der Waals surface area contributed by atoms with E-state index in [2.05, 4.69) is 13.8 Å². The van der Waals surface area contributed by atoms with Gasteiger partial charge >= 0.3 is 0 Å². The van der Waals surface area contributed by atoms with Gasteiger partial charge in [0.1, 0.15) is 0 Å². The second kappa shape index (κ2) is 6.41. The van der Waals surface area contributed by atoms with Crippen LogP contribution in [0.3, 0.4) is 0 Å². The fraction of sp³-hybridized carbons (Fsp3) is 1.00. The Balaban J connectivity index is 4.09. The van der Waals surface area contributed by atoms with Crippen LogP contribution in [0.15, 0.2) is 0 Å². The third kappa shape index (κ3) is 4.43. The molecule has 0 rings (SSSR count). The van der Waals surface area contributed by atoms with Gasteiger partial charge in [0, 0.05) is 6.61 Å². The summed E-state index contributed by atoms with van der Waals surface area (Å²) >= 11 is 0. The molecule has 0 saturated carbocycles. The Hall–Kier alpha value is -0.0800. The third-order valence-electron chi connectivity index (χ3n) is 3.03. The Morgan fingerprint density at radius 2 is 1.64 bits per heavy atom. The Kier molecular flexibility index (Phi) is 6.38. The topological polar surface area (TPSA) is 29.5 Å². The van der Waals surface area contributed by atoms with E-state index in [-0.39, 0.29) is 6.10 Å². The predicted molar refractivity (Wildman–Crippen MR) is 60.4 cm³/mol. The first kappa shape index (κ1) is 13.9. The number of hydrogen-bond donors (Lipinski definition) is 1. The van der Waals surface area contributed by atoms with Gasteiger partial charge in [-0.15, -0.1) is 0 Å². The molecule has 1 atom stereocenters. The van der Waals surface area contributed by atoms with E-state index in [1.807, 2.05) is 20.8 Å². The Bertz CT molecular complexity index is 139. The van der Waals surface area contributed by atoms with Gasteiger partial charge in [-0.1, -0.05) is 26.7 Å². The van der Waals surface area contributed by atoms with E-state index in [1.165, 1.54) is 0 Å². The number of aliphatic hydroxyl groups is 1. The molecule has 1 unspecified atom stereocenters. The summed E-state index contributed by atoms with van der Waals surface area (Å²) in [6, 6.07) is 0. The first-order chi connectivity index (χ1) is 6.47. The Labute approximate surface area is 88.7 Å². The number of ether oxygens (including phenoxy) is 1. The first-order valence-electron chi connectivity index (χ1n) is 5.79. The summed E-state index contributed by atoms with van der Waals surface area (Å²) in [5.74, 6) is 0.615. The monoisotopic (exact) mass is 202 g/mol. The predicted octanol–water partition coefficient (Wildman–Crippen LogP) is 2.99. The molecule has 0 aliphatic rings. The van der Waals surface area contributed by atoms with Gasteiger partial charge in [0.25, 0.3) is 0 Å². The normalized spacial score (nSPS) is 14.8. The second-order valence-electron chi connectivity index (χ2n) is 4.47. The van der Waals surface area contributed by atoms with Crippen LogP contribution in [0.4, 0.5) is 0 Å². The molecule has 0 aromatic carbocycles. The Morgan fingerprint density at radius 1 is 1.14 bits per heavy atom. The molecule has 0 heterocycles. The molecular formula is C12H26O2. The van der Waals surface area contributed by atoms with Crippen molar-refractivity contribution in [3.05, 3.63) is 0 Å². The highest BCUT2D eigenvalue weighted by molar-refractivity contribution is 4.80. The lowest BCUT2D eigenvalue weighted by Gasteiger charge is -2.32. The first-order valence-corrected chi connectivity index (χ1v) is 5.79. The van der Waals surface area contributed by atoms with E-state index in [9.17, 15) is 5.11 Å². The summed E-state index contributed by atoms with van der Waals surface area (Å²) in [5, 5.41) is 10.0. The highest BCUT2D eigenvalue weighted by atomic mass is 16.5. The molecule has 0 aliphatic carbocycles. The van der Waals surface area contributed by atoms with Gasteiger partial charge in [-0.3, -0.25) is 0 Å².